The van der Waals surface area contributed by atoms with Gasteiger partial charge in [-0.2, -0.15) is 0 Å². The number of thioether (sulfide) groups is 1. The fraction of sp³-hybridized carbons (Fsp3) is 0.864. The third kappa shape index (κ3) is 5.82. The molecule has 33 heavy (non-hydrogen) atoms. The first-order chi connectivity index (χ1) is 16.0. The summed E-state index contributed by atoms with van der Waals surface area (Å²) in [6.45, 7) is 4.09. The Hall–Kier alpha value is -1.40. The Kier molecular flexibility index (Phi) is 8.50. The van der Waals surface area contributed by atoms with E-state index in [1.54, 1.807) is 25.8 Å². The maximum atomic E-state index is 13.0. The van der Waals surface area contributed by atoms with Gasteiger partial charge < -0.3 is 14.8 Å². The molecule has 5 unspecified atom stereocenters. The van der Waals surface area contributed by atoms with Gasteiger partial charge in [-0.1, -0.05) is 0 Å². The van der Waals surface area contributed by atoms with Crippen molar-refractivity contribution >= 4 is 29.7 Å². The van der Waals surface area contributed by atoms with Gasteiger partial charge in [-0.15, -0.1) is 11.8 Å². The molecule has 0 aromatic rings. The number of rotatable bonds is 6. The molecular weight excluding hydrogens is 446 g/mol. The summed E-state index contributed by atoms with van der Waals surface area (Å²) < 4.78 is 10.3. The van der Waals surface area contributed by atoms with E-state index in [9.17, 15) is 14.4 Å². The molecule has 0 radical (unpaired) electrons. The molecule has 0 aromatic carbocycles. The lowest BCUT2D eigenvalue weighted by Crippen LogP contribution is -2.60. The second-order valence-electron chi connectivity index (χ2n) is 9.41. The molecule has 4 aliphatic rings. The Morgan fingerprint density at radius 1 is 1.09 bits per heavy atom. The van der Waals surface area contributed by atoms with E-state index in [1.807, 2.05) is 0 Å². The minimum Gasteiger partial charge on any atom is -0.450 e. The maximum absolute atomic E-state index is 13.0. The lowest BCUT2D eigenvalue weighted by atomic mass is 9.77. The van der Waals surface area contributed by atoms with Gasteiger partial charge in [0.1, 0.15) is 0 Å². The number of fused-ring (bicyclic) bond motifs is 1. The summed E-state index contributed by atoms with van der Waals surface area (Å²) in [4.78, 5) is 37.1. The van der Waals surface area contributed by atoms with Gasteiger partial charge in [-0.25, -0.2) is 9.80 Å². The number of nitrogens with one attached hydrogen (secondary N) is 4. The number of hydrogen-bond donors (Lipinski definition) is 4. The number of carbonyl (C=O) groups excluding carboxylic acids is 3. The Labute approximate surface area is 199 Å². The van der Waals surface area contributed by atoms with Gasteiger partial charge in [-0.3, -0.25) is 25.6 Å². The molecule has 0 spiro atoms. The van der Waals surface area contributed by atoms with Crippen LogP contribution in [0.2, 0.25) is 0 Å². The first-order valence-corrected chi connectivity index (χ1v) is 13.2. The number of amides is 3. The number of hydrogen-bond acceptors (Lipinski definition) is 9. The third-order valence-corrected chi connectivity index (χ3v) is 8.78. The highest BCUT2D eigenvalue weighted by atomic mass is 32.2. The van der Waals surface area contributed by atoms with Crippen LogP contribution in [0.3, 0.4) is 0 Å². The van der Waals surface area contributed by atoms with E-state index in [1.165, 1.54) is 12.8 Å². The fourth-order valence-electron chi connectivity index (χ4n) is 5.64. The van der Waals surface area contributed by atoms with Crippen LogP contribution in [0, 0.1) is 23.7 Å². The number of carbonyl (C=O) groups is 3. The molecule has 186 valence electrons. The highest BCUT2D eigenvalue weighted by Crippen LogP contribution is 2.36. The molecule has 0 bridgehead atoms. The minimum absolute atomic E-state index is 0.0554. The largest absolute Gasteiger partial charge is 0.450 e. The van der Waals surface area contributed by atoms with Crippen LogP contribution >= 0.6 is 11.8 Å². The zero-order valence-corrected chi connectivity index (χ0v) is 20.3. The van der Waals surface area contributed by atoms with E-state index in [-0.39, 0.29) is 30.0 Å². The van der Waals surface area contributed by atoms with Crippen molar-refractivity contribution in [2.24, 2.45) is 23.7 Å². The molecular formula is C22H37N5O5S. The fourth-order valence-corrected chi connectivity index (χ4v) is 6.98. The van der Waals surface area contributed by atoms with Crippen molar-refractivity contribution in [2.75, 3.05) is 39.1 Å². The number of hydrazine groups is 1. The molecule has 10 nitrogen and oxygen atoms in total. The Morgan fingerprint density at radius 2 is 1.88 bits per heavy atom. The average Bonchev–Trinajstić information content (AvgIpc) is 3.45. The zero-order valence-electron chi connectivity index (χ0n) is 19.5. The Morgan fingerprint density at radius 3 is 2.61 bits per heavy atom. The van der Waals surface area contributed by atoms with Crippen molar-refractivity contribution in [1.29, 1.82) is 0 Å². The Bertz CT molecular complexity index is 719. The van der Waals surface area contributed by atoms with Crippen molar-refractivity contribution in [2.45, 2.75) is 56.7 Å². The summed E-state index contributed by atoms with van der Waals surface area (Å²) in [6.07, 6.45) is 5.16. The number of ether oxygens (including phenoxy) is 2. The van der Waals surface area contributed by atoms with Crippen LogP contribution < -0.4 is 21.4 Å². The molecule has 1 aliphatic carbocycles. The van der Waals surface area contributed by atoms with E-state index in [2.05, 4.69) is 26.4 Å². The molecule has 3 aliphatic heterocycles. The number of imide groups is 1. The summed E-state index contributed by atoms with van der Waals surface area (Å²) in [5.41, 5.74) is 3.51. The zero-order chi connectivity index (χ0) is 23.4. The molecule has 11 heteroatoms. The molecule has 4 fully saturated rings. The van der Waals surface area contributed by atoms with Crippen LogP contribution in [-0.4, -0.2) is 79.7 Å². The predicted octanol–water partition coefficient (Wildman–Crippen LogP) is 0.642. The second kappa shape index (κ2) is 11.4. The van der Waals surface area contributed by atoms with Gasteiger partial charge >= 0.3 is 6.09 Å². The van der Waals surface area contributed by atoms with Crippen LogP contribution in [-0.2, 0) is 19.1 Å². The van der Waals surface area contributed by atoms with Crippen molar-refractivity contribution in [1.82, 2.24) is 26.4 Å². The maximum Gasteiger partial charge on any atom is 0.413 e. The highest BCUT2D eigenvalue weighted by Gasteiger charge is 2.45. The smallest absolute Gasteiger partial charge is 0.413 e. The molecule has 1 saturated carbocycles. The van der Waals surface area contributed by atoms with Crippen molar-refractivity contribution in [3.05, 3.63) is 0 Å². The predicted molar refractivity (Wildman–Crippen MR) is 124 cm³/mol. The van der Waals surface area contributed by atoms with E-state index in [0.717, 1.165) is 25.1 Å². The topological polar surface area (TPSA) is 121 Å². The van der Waals surface area contributed by atoms with Gasteiger partial charge in [0.05, 0.1) is 36.1 Å². The lowest BCUT2D eigenvalue weighted by molar-refractivity contribution is -0.129. The van der Waals surface area contributed by atoms with Crippen LogP contribution in [0.15, 0.2) is 0 Å². The van der Waals surface area contributed by atoms with Crippen molar-refractivity contribution in [3.63, 3.8) is 0 Å². The summed E-state index contributed by atoms with van der Waals surface area (Å²) in [6, 6.07) is 0. The molecule has 4 rings (SSSR count). The summed E-state index contributed by atoms with van der Waals surface area (Å²) in [5, 5.41) is 10.8. The number of methoxy groups -OCH3 is 1. The third-order valence-electron chi connectivity index (χ3n) is 7.50. The van der Waals surface area contributed by atoms with Crippen molar-refractivity contribution in [3.8, 4) is 0 Å². The molecule has 4 N–H and O–H groups in total. The van der Waals surface area contributed by atoms with Gasteiger partial charge in [0.2, 0.25) is 11.8 Å². The highest BCUT2D eigenvalue weighted by molar-refractivity contribution is 8.00. The molecule has 3 heterocycles. The van der Waals surface area contributed by atoms with Gasteiger partial charge in [0, 0.05) is 32.7 Å². The lowest BCUT2D eigenvalue weighted by Gasteiger charge is -2.40. The molecule has 3 amide bonds. The minimum atomic E-state index is -0.739. The van der Waals surface area contributed by atoms with E-state index < -0.39 is 17.9 Å². The van der Waals surface area contributed by atoms with Crippen LogP contribution in [0.5, 0.6) is 0 Å². The number of nitrogens with zero attached hydrogens (tertiary/aromatic N) is 1. The normalized spacial score (nSPS) is 36.7. The summed E-state index contributed by atoms with van der Waals surface area (Å²) in [7, 11) is 1.80. The van der Waals surface area contributed by atoms with Gasteiger partial charge in [-0.05, 0) is 50.7 Å². The van der Waals surface area contributed by atoms with Gasteiger partial charge in [0.25, 0.3) is 0 Å². The quantitative estimate of drug-likeness (QED) is 0.431. The van der Waals surface area contributed by atoms with Gasteiger partial charge in [0.15, 0.2) is 0 Å². The van der Waals surface area contributed by atoms with E-state index >= 15 is 0 Å². The standard InChI is InChI=1S/C22H37N5O5S/c1-3-32-22(30)26-20(29)16-8-9-33-21(16)25-19(28)14-10-23-18-17(11-24-27(18)12-14)13-4-6-15(31-2)7-5-13/h13-18,21,23-24H,3-12H2,1-2H3,(H,25,28)(H,26,29,30). The Balaban J connectivity index is 1.26. The molecule has 0 aromatic heterocycles. The van der Waals surface area contributed by atoms with Crippen LogP contribution in [0.25, 0.3) is 0 Å². The SMILES string of the molecule is CCOC(=O)NC(=O)C1CCSC1NC(=O)C1CNC2C(C3CCC(OC)CC3)CNN2C1. The first kappa shape index (κ1) is 24.7. The molecule has 3 saturated heterocycles. The van der Waals surface area contributed by atoms with Crippen LogP contribution in [0.4, 0.5) is 4.79 Å². The van der Waals surface area contributed by atoms with E-state index in [4.69, 9.17) is 9.47 Å². The monoisotopic (exact) mass is 483 g/mol. The van der Waals surface area contributed by atoms with E-state index in [0.29, 0.717) is 37.5 Å². The second-order valence-corrected chi connectivity index (χ2v) is 10.7. The van der Waals surface area contributed by atoms with Crippen LogP contribution in [0.1, 0.15) is 39.0 Å². The van der Waals surface area contributed by atoms with Crippen molar-refractivity contribution < 1.29 is 23.9 Å². The number of alkyl carbamates (subject to hydrolysis) is 1. The molecule has 5 atom stereocenters. The first-order valence-electron chi connectivity index (χ1n) is 12.2. The summed E-state index contributed by atoms with van der Waals surface area (Å²) in [5.74, 6) is 0.879. The average molecular weight is 484 g/mol. The summed E-state index contributed by atoms with van der Waals surface area (Å²) >= 11 is 1.55.